The van der Waals surface area contributed by atoms with Crippen molar-refractivity contribution in [3.05, 3.63) is 47.8 Å². The molecule has 5 rings (SSSR count). The highest BCUT2D eigenvalue weighted by atomic mass is 15.3. The van der Waals surface area contributed by atoms with Crippen LogP contribution in [0.15, 0.2) is 36.7 Å². The van der Waals surface area contributed by atoms with Crippen molar-refractivity contribution >= 4 is 11.3 Å². The van der Waals surface area contributed by atoms with E-state index in [1.807, 2.05) is 16.9 Å². The van der Waals surface area contributed by atoms with Crippen LogP contribution in [0.4, 0.5) is 5.82 Å². The van der Waals surface area contributed by atoms with Gasteiger partial charge in [-0.1, -0.05) is 43.0 Å². The first-order chi connectivity index (χ1) is 14.2. The number of nitrogens with zero attached hydrogens (tertiary/aromatic N) is 5. The zero-order chi connectivity index (χ0) is 19.8. The summed E-state index contributed by atoms with van der Waals surface area (Å²) < 4.78 is 1.99. The van der Waals surface area contributed by atoms with Crippen molar-refractivity contribution in [2.24, 2.45) is 0 Å². The van der Waals surface area contributed by atoms with E-state index in [0.29, 0.717) is 0 Å². The summed E-state index contributed by atoms with van der Waals surface area (Å²) in [5, 5.41) is 4.86. The molecule has 152 valence electrons. The highest BCUT2D eigenvalue weighted by Gasteiger charge is 2.26. The fourth-order valence-corrected chi connectivity index (χ4v) is 5.13. The summed E-state index contributed by atoms with van der Waals surface area (Å²) in [5.41, 5.74) is 5.88. The molecule has 0 N–H and O–H groups in total. The second-order valence-electron chi connectivity index (χ2n) is 8.74. The van der Waals surface area contributed by atoms with Crippen LogP contribution in [0.1, 0.15) is 43.2 Å². The van der Waals surface area contributed by atoms with E-state index in [9.17, 15) is 0 Å². The number of hydrogen-bond donors (Lipinski definition) is 0. The van der Waals surface area contributed by atoms with E-state index in [4.69, 9.17) is 10.1 Å². The van der Waals surface area contributed by atoms with Crippen LogP contribution in [0.3, 0.4) is 0 Å². The van der Waals surface area contributed by atoms with E-state index in [1.54, 1.807) is 0 Å². The number of piperazine rings is 1. The maximum atomic E-state index is 4.86. The molecule has 0 radical (unpaired) electrons. The summed E-state index contributed by atoms with van der Waals surface area (Å²) in [4.78, 5) is 9.92. The maximum Gasteiger partial charge on any atom is 0.154 e. The van der Waals surface area contributed by atoms with Gasteiger partial charge >= 0.3 is 0 Å². The highest BCUT2D eigenvalue weighted by Crippen LogP contribution is 2.29. The van der Waals surface area contributed by atoms with Crippen molar-refractivity contribution in [2.45, 2.75) is 52.0 Å². The summed E-state index contributed by atoms with van der Waals surface area (Å²) in [6, 6.07) is 9.58. The molecule has 0 spiro atoms. The van der Waals surface area contributed by atoms with Crippen molar-refractivity contribution in [3.8, 4) is 11.3 Å². The second-order valence-corrected chi connectivity index (χ2v) is 8.74. The third-order valence-electron chi connectivity index (χ3n) is 6.73. The molecular formula is C24H31N5. The first-order valence-corrected chi connectivity index (χ1v) is 11.1. The monoisotopic (exact) mass is 389 g/mol. The van der Waals surface area contributed by atoms with Gasteiger partial charge in [-0.3, -0.25) is 4.90 Å². The van der Waals surface area contributed by atoms with E-state index in [-0.39, 0.29) is 0 Å². The van der Waals surface area contributed by atoms with E-state index >= 15 is 0 Å². The molecule has 2 fully saturated rings. The Balaban J connectivity index is 1.39. The number of hydrogen-bond acceptors (Lipinski definition) is 4. The van der Waals surface area contributed by atoms with Gasteiger partial charge in [0, 0.05) is 50.2 Å². The summed E-state index contributed by atoms with van der Waals surface area (Å²) in [7, 11) is 0. The highest BCUT2D eigenvalue weighted by molar-refractivity contribution is 5.76. The largest absolute Gasteiger partial charge is 0.352 e. The maximum absolute atomic E-state index is 4.86. The predicted molar refractivity (Wildman–Crippen MR) is 119 cm³/mol. The average molecular weight is 390 g/mol. The summed E-state index contributed by atoms with van der Waals surface area (Å²) in [5.74, 6) is 1.07. The lowest BCUT2D eigenvalue weighted by Crippen LogP contribution is -2.51. The van der Waals surface area contributed by atoms with Crippen LogP contribution < -0.4 is 4.90 Å². The van der Waals surface area contributed by atoms with Gasteiger partial charge in [0.15, 0.2) is 5.82 Å². The van der Waals surface area contributed by atoms with Gasteiger partial charge in [0.2, 0.25) is 0 Å². The number of rotatable bonds is 3. The molecule has 5 nitrogen and oxygen atoms in total. The first kappa shape index (κ1) is 18.6. The Bertz CT molecular complexity index is 994. The Labute approximate surface area is 173 Å². The quantitative estimate of drug-likeness (QED) is 0.662. The van der Waals surface area contributed by atoms with Crippen molar-refractivity contribution in [3.63, 3.8) is 0 Å². The van der Waals surface area contributed by atoms with Gasteiger partial charge in [-0.2, -0.15) is 5.10 Å². The Morgan fingerprint density at radius 1 is 0.931 bits per heavy atom. The molecule has 3 heterocycles. The molecule has 0 unspecified atom stereocenters. The summed E-state index contributed by atoms with van der Waals surface area (Å²) >= 11 is 0. The number of fused-ring (bicyclic) bond motifs is 1. The third kappa shape index (κ3) is 3.64. The molecule has 1 saturated heterocycles. The molecule has 5 heteroatoms. The van der Waals surface area contributed by atoms with Crippen LogP contribution in [0.5, 0.6) is 0 Å². The van der Waals surface area contributed by atoms with Crippen LogP contribution in [-0.4, -0.2) is 51.7 Å². The van der Waals surface area contributed by atoms with Gasteiger partial charge < -0.3 is 4.90 Å². The van der Waals surface area contributed by atoms with Crippen molar-refractivity contribution in [2.75, 3.05) is 31.1 Å². The standard InChI is InChI=1S/C24H31N5/c1-18-8-9-21(19(2)16-18)22-17-23-24(25-10-11-29(23)26-22)28-14-12-27(13-15-28)20-6-4-3-5-7-20/h8-11,16-17,20H,3-7,12-15H2,1-2H3. The molecule has 1 aliphatic carbocycles. The molecule has 3 aromatic rings. The van der Waals surface area contributed by atoms with Crippen molar-refractivity contribution < 1.29 is 0 Å². The fourth-order valence-electron chi connectivity index (χ4n) is 5.13. The van der Waals surface area contributed by atoms with Crippen LogP contribution in [0, 0.1) is 13.8 Å². The minimum absolute atomic E-state index is 0.806. The molecular weight excluding hydrogens is 358 g/mol. The van der Waals surface area contributed by atoms with Crippen LogP contribution >= 0.6 is 0 Å². The predicted octanol–water partition coefficient (Wildman–Crippen LogP) is 4.47. The van der Waals surface area contributed by atoms with E-state index in [2.05, 4.69) is 47.9 Å². The average Bonchev–Trinajstić information content (AvgIpc) is 3.18. The fraction of sp³-hybridized carbons (Fsp3) is 0.500. The smallest absolute Gasteiger partial charge is 0.154 e. The Kier molecular flexibility index (Phi) is 5.00. The number of benzene rings is 1. The number of aryl methyl sites for hydroxylation is 2. The lowest BCUT2D eigenvalue weighted by molar-refractivity contribution is 0.148. The van der Waals surface area contributed by atoms with Crippen LogP contribution in [0.25, 0.3) is 16.8 Å². The zero-order valence-corrected chi connectivity index (χ0v) is 17.6. The normalized spacial score (nSPS) is 19.2. The lowest BCUT2D eigenvalue weighted by Gasteiger charge is -2.41. The van der Waals surface area contributed by atoms with Crippen molar-refractivity contribution in [1.82, 2.24) is 19.5 Å². The van der Waals surface area contributed by atoms with Crippen LogP contribution in [-0.2, 0) is 0 Å². The van der Waals surface area contributed by atoms with Gasteiger partial charge in [0.1, 0.15) is 5.52 Å². The van der Waals surface area contributed by atoms with E-state index in [1.165, 1.54) is 48.8 Å². The molecule has 1 saturated carbocycles. The van der Waals surface area contributed by atoms with Gasteiger partial charge in [0.25, 0.3) is 0 Å². The third-order valence-corrected chi connectivity index (χ3v) is 6.73. The zero-order valence-electron chi connectivity index (χ0n) is 17.6. The molecule has 29 heavy (non-hydrogen) atoms. The lowest BCUT2D eigenvalue weighted by atomic mass is 9.94. The van der Waals surface area contributed by atoms with E-state index in [0.717, 1.165) is 49.2 Å². The van der Waals surface area contributed by atoms with Gasteiger partial charge in [-0.25, -0.2) is 9.50 Å². The van der Waals surface area contributed by atoms with Gasteiger partial charge in [-0.15, -0.1) is 0 Å². The Morgan fingerprint density at radius 2 is 1.72 bits per heavy atom. The second kappa shape index (κ2) is 7.79. The number of anilines is 1. The van der Waals surface area contributed by atoms with Gasteiger partial charge in [0.05, 0.1) is 5.69 Å². The molecule has 2 aromatic heterocycles. The summed E-state index contributed by atoms with van der Waals surface area (Å²) in [6.07, 6.45) is 10.8. The van der Waals surface area contributed by atoms with Crippen LogP contribution in [0.2, 0.25) is 0 Å². The molecule has 0 amide bonds. The van der Waals surface area contributed by atoms with Gasteiger partial charge in [-0.05, 0) is 38.3 Å². The Hall–Kier alpha value is -2.40. The molecule has 2 aliphatic rings. The first-order valence-electron chi connectivity index (χ1n) is 11.1. The topological polar surface area (TPSA) is 36.7 Å². The SMILES string of the molecule is Cc1ccc(-c2cc3c(N4CCN(C5CCCCC5)CC4)nccn3n2)c(C)c1. The number of aromatic nitrogens is 3. The minimum Gasteiger partial charge on any atom is -0.352 e. The molecule has 1 aromatic carbocycles. The molecule has 0 bridgehead atoms. The summed E-state index contributed by atoms with van der Waals surface area (Å²) in [6.45, 7) is 8.68. The molecule has 0 atom stereocenters. The van der Waals surface area contributed by atoms with Crippen molar-refractivity contribution in [1.29, 1.82) is 0 Å². The Morgan fingerprint density at radius 3 is 2.48 bits per heavy atom. The minimum atomic E-state index is 0.806. The molecule has 1 aliphatic heterocycles. The van der Waals surface area contributed by atoms with E-state index < -0.39 is 0 Å².